The third-order valence-corrected chi connectivity index (χ3v) is 4.10. The molecule has 0 saturated carbocycles. The Morgan fingerprint density at radius 1 is 0.536 bits per heavy atom. The first-order valence-electron chi connectivity index (χ1n) is 9.58. The van der Waals surface area contributed by atoms with E-state index in [1.54, 1.807) is 6.07 Å². The van der Waals surface area contributed by atoms with E-state index >= 15 is 0 Å². The number of halogens is 1. The largest absolute Gasteiger partial charge is 0.312 e. The molecule has 1 nitrogen and oxygen atoms in total. The third kappa shape index (κ3) is 8.49. The second-order valence-electron chi connectivity index (χ2n) is 7.77. The lowest BCUT2D eigenvalue weighted by Gasteiger charge is -2.10. The van der Waals surface area contributed by atoms with Gasteiger partial charge in [0.1, 0.15) is 5.82 Å². The standard InChI is InChI=1S/C15H15F.C8H10.C3H9N/c1-10-4-5-11(2)14(8-10)15-9-13(16)7-6-12(15)3;1-7-3-5-8(2)6-4-7;1-4(2)3/h4-9H,1-3H3;3-6H,1-2H3;1-3H3. The fourth-order valence-corrected chi connectivity index (χ4v) is 2.55. The minimum atomic E-state index is -0.179. The highest BCUT2D eigenvalue weighted by Gasteiger charge is 2.06. The summed E-state index contributed by atoms with van der Waals surface area (Å²) in [6.07, 6.45) is 0. The van der Waals surface area contributed by atoms with Crippen molar-refractivity contribution in [1.82, 2.24) is 4.90 Å². The molecule has 0 unspecified atom stereocenters. The predicted octanol–water partition coefficient (Wildman–Crippen LogP) is 6.90. The summed E-state index contributed by atoms with van der Waals surface area (Å²) in [5, 5.41) is 0. The van der Waals surface area contributed by atoms with Crippen molar-refractivity contribution < 1.29 is 4.39 Å². The van der Waals surface area contributed by atoms with E-state index in [1.807, 2.05) is 39.0 Å². The Hall–Kier alpha value is -2.45. The first kappa shape index (κ1) is 23.6. The summed E-state index contributed by atoms with van der Waals surface area (Å²) in [5.74, 6) is -0.179. The van der Waals surface area contributed by atoms with Gasteiger partial charge in [-0.3, -0.25) is 0 Å². The number of rotatable bonds is 1. The zero-order valence-corrected chi connectivity index (χ0v) is 18.6. The van der Waals surface area contributed by atoms with E-state index in [0.29, 0.717) is 0 Å². The molecule has 0 atom stereocenters. The maximum atomic E-state index is 13.3. The Balaban J connectivity index is 0.000000272. The molecule has 0 aliphatic heterocycles. The van der Waals surface area contributed by atoms with Crippen molar-refractivity contribution in [2.75, 3.05) is 21.1 Å². The van der Waals surface area contributed by atoms with E-state index < -0.39 is 0 Å². The lowest BCUT2D eigenvalue weighted by atomic mass is 9.95. The molecule has 2 heteroatoms. The van der Waals surface area contributed by atoms with Gasteiger partial charge < -0.3 is 4.90 Å². The van der Waals surface area contributed by atoms with E-state index in [9.17, 15) is 4.39 Å². The molecule has 3 aromatic rings. The first-order chi connectivity index (χ1) is 13.1. The van der Waals surface area contributed by atoms with Gasteiger partial charge in [-0.2, -0.15) is 0 Å². The number of aryl methyl sites for hydroxylation is 5. The number of hydrogen-bond acceptors (Lipinski definition) is 1. The summed E-state index contributed by atoms with van der Waals surface area (Å²) < 4.78 is 13.3. The molecule has 0 bridgehead atoms. The van der Waals surface area contributed by atoms with Crippen LogP contribution in [0.5, 0.6) is 0 Å². The lowest BCUT2D eigenvalue weighted by Crippen LogP contribution is -1.99. The molecule has 0 saturated heterocycles. The first-order valence-corrected chi connectivity index (χ1v) is 9.58. The Labute approximate surface area is 170 Å². The summed E-state index contributed by atoms with van der Waals surface area (Å²) in [7, 11) is 6.00. The van der Waals surface area contributed by atoms with E-state index in [2.05, 4.69) is 70.2 Å². The second-order valence-corrected chi connectivity index (χ2v) is 7.77. The van der Waals surface area contributed by atoms with Crippen LogP contribution in [0.4, 0.5) is 4.39 Å². The van der Waals surface area contributed by atoms with Crippen molar-refractivity contribution >= 4 is 0 Å². The molecule has 150 valence electrons. The van der Waals surface area contributed by atoms with Crippen LogP contribution in [0.15, 0.2) is 60.7 Å². The number of hydrogen-bond donors (Lipinski definition) is 0. The molecule has 28 heavy (non-hydrogen) atoms. The van der Waals surface area contributed by atoms with Crippen LogP contribution in [-0.2, 0) is 0 Å². The summed E-state index contributed by atoms with van der Waals surface area (Å²) >= 11 is 0. The van der Waals surface area contributed by atoms with E-state index in [-0.39, 0.29) is 5.82 Å². The SMILES string of the molecule is CN(C)C.Cc1ccc(C)c(-c2cc(F)ccc2C)c1.Cc1ccc(C)cc1. The van der Waals surface area contributed by atoms with E-state index in [0.717, 1.165) is 16.7 Å². The minimum Gasteiger partial charge on any atom is -0.312 e. The van der Waals surface area contributed by atoms with E-state index in [1.165, 1.54) is 28.3 Å². The maximum Gasteiger partial charge on any atom is 0.123 e. The highest BCUT2D eigenvalue weighted by Crippen LogP contribution is 2.28. The molecule has 0 spiro atoms. The van der Waals surface area contributed by atoms with Crippen molar-refractivity contribution in [3.63, 3.8) is 0 Å². The fourth-order valence-electron chi connectivity index (χ4n) is 2.55. The maximum absolute atomic E-state index is 13.3. The molecule has 0 aliphatic rings. The normalized spacial score (nSPS) is 9.93. The zero-order chi connectivity index (χ0) is 21.3. The predicted molar refractivity (Wildman–Crippen MR) is 122 cm³/mol. The molecule has 0 radical (unpaired) electrons. The van der Waals surface area contributed by atoms with Gasteiger partial charge in [0.05, 0.1) is 0 Å². The highest BCUT2D eigenvalue weighted by molar-refractivity contribution is 5.71. The van der Waals surface area contributed by atoms with Crippen molar-refractivity contribution in [3.8, 4) is 11.1 Å². The Bertz CT molecular complexity index is 791. The monoisotopic (exact) mass is 379 g/mol. The van der Waals surface area contributed by atoms with Crippen LogP contribution >= 0.6 is 0 Å². The van der Waals surface area contributed by atoms with Crippen molar-refractivity contribution in [2.45, 2.75) is 34.6 Å². The van der Waals surface area contributed by atoms with Gasteiger partial charge in [0.2, 0.25) is 0 Å². The molecular weight excluding hydrogens is 345 g/mol. The Kier molecular flexibility index (Phi) is 9.61. The molecule has 0 aliphatic carbocycles. The molecule has 3 aromatic carbocycles. The summed E-state index contributed by atoms with van der Waals surface area (Å²) in [6, 6.07) is 19.7. The quantitative estimate of drug-likeness (QED) is 0.444. The lowest BCUT2D eigenvalue weighted by molar-refractivity contribution is 0.505. The Morgan fingerprint density at radius 3 is 1.36 bits per heavy atom. The number of nitrogens with zero attached hydrogens (tertiary/aromatic N) is 1. The van der Waals surface area contributed by atoms with Gasteiger partial charge in [0.25, 0.3) is 0 Å². The molecule has 0 fully saturated rings. The van der Waals surface area contributed by atoms with Gasteiger partial charge in [-0.15, -0.1) is 0 Å². The van der Waals surface area contributed by atoms with Gasteiger partial charge in [-0.25, -0.2) is 4.39 Å². The van der Waals surface area contributed by atoms with Crippen molar-refractivity contribution in [1.29, 1.82) is 0 Å². The van der Waals surface area contributed by atoms with Crippen molar-refractivity contribution in [3.05, 3.63) is 94.3 Å². The molecule has 0 amide bonds. The average molecular weight is 380 g/mol. The summed E-state index contributed by atoms with van der Waals surface area (Å²) in [6.45, 7) is 10.3. The third-order valence-electron chi connectivity index (χ3n) is 4.10. The zero-order valence-electron chi connectivity index (χ0n) is 18.6. The average Bonchev–Trinajstić information content (AvgIpc) is 2.62. The van der Waals surface area contributed by atoms with Crippen LogP contribution in [0, 0.1) is 40.4 Å². The molecular formula is C26H34FN. The molecule has 0 N–H and O–H groups in total. The van der Waals surface area contributed by atoms with Gasteiger partial charge in [-0.1, -0.05) is 65.2 Å². The van der Waals surface area contributed by atoms with Crippen molar-refractivity contribution in [2.24, 2.45) is 0 Å². The summed E-state index contributed by atoms with van der Waals surface area (Å²) in [5.41, 5.74) is 8.25. The summed E-state index contributed by atoms with van der Waals surface area (Å²) in [4.78, 5) is 2.00. The number of benzene rings is 3. The molecule has 0 aromatic heterocycles. The van der Waals surface area contributed by atoms with Crippen LogP contribution in [-0.4, -0.2) is 26.0 Å². The smallest absolute Gasteiger partial charge is 0.123 e. The molecule has 3 rings (SSSR count). The Morgan fingerprint density at radius 2 is 0.893 bits per heavy atom. The van der Waals surface area contributed by atoms with Gasteiger partial charge in [0.15, 0.2) is 0 Å². The van der Waals surface area contributed by atoms with E-state index in [4.69, 9.17) is 0 Å². The van der Waals surface area contributed by atoms with Crippen LogP contribution in [0.1, 0.15) is 27.8 Å². The van der Waals surface area contributed by atoms with Crippen LogP contribution in [0.2, 0.25) is 0 Å². The fraction of sp³-hybridized carbons (Fsp3) is 0.308. The van der Waals surface area contributed by atoms with Crippen LogP contribution in [0.3, 0.4) is 0 Å². The van der Waals surface area contributed by atoms with Gasteiger partial charge in [0, 0.05) is 0 Å². The minimum absolute atomic E-state index is 0.179. The van der Waals surface area contributed by atoms with Gasteiger partial charge in [-0.05, 0) is 90.1 Å². The van der Waals surface area contributed by atoms with Crippen LogP contribution in [0.25, 0.3) is 11.1 Å². The second kappa shape index (κ2) is 11.4. The highest BCUT2D eigenvalue weighted by atomic mass is 19.1. The molecule has 0 heterocycles. The topological polar surface area (TPSA) is 3.24 Å². The van der Waals surface area contributed by atoms with Crippen LogP contribution < -0.4 is 0 Å². The van der Waals surface area contributed by atoms with Gasteiger partial charge >= 0.3 is 0 Å².